The first-order valence-electron chi connectivity index (χ1n) is 5.70. The molecule has 0 aliphatic carbocycles. The molecule has 0 aliphatic rings. The standard InChI is InChI=1S/C14H13NO3S/c1-19-12-7-8-14(13(9-12)15(16)17)18-10-11-5-3-2-4-6-11/h2-9H,10H2,1H3. The Morgan fingerprint density at radius 3 is 2.58 bits per heavy atom. The Kier molecular flexibility index (Phi) is 4.41. The minimum Gasteiger partial charge on any atom is -0.482 e. The zero-order chi connectivity index (χ0) is 13.7. The topological polar surface area (TPSA) is 52.4 Å². The number of nitro benzene ring substituents is 1. The van der Waals surface area contributed by atoms with Gasteiger partial charge in [0.1, 0.15) is 6.61 Å². The normalized spacial score (nSPS) is 10.2. The van der Waals surface area contributed by atoms with Crippen molar-refractivity contribution in [3.8, 4) is 5.75 Å². The number of nitrogens with zero attached hydrogens (tertiary/aromatic N) is 1. The maximum Gasteiger partial charge on any atom is 0.312 e. The van der Waals surface area contributed by atoms with E-state index in [1.54, 1.807) is 6.07 Å². The molecule has 0 radical (unpaired) electrons. The number of benzene rings is 2. The summed E-state index contributed by atoms with van der Waals surface area (Å²) in [6, 6.07) is 14.6. The molecule has 0 amide bonds. The van der Waals surface area contributed by atoms with E-state index in [1.807, 2.05) is 42.7 Å². The van der Waals surface area contributed by atoms with E-state index >= 15 is 0 Å². The van der Waals surface area contributed by atoms with Crippen molar-refractivity contribution in [1.29, 1.82) is 0 Å². The Morgan fingerprint density at radius 1 is 1.21 bits per heavy atom. The van der Waals surface area contributed by atoms with E-state index in [-0.39, 0.29) is 5.69 Å². The summed E-state index contributed by atoms with van der Waals surface area (Å²) in [6.07, 6.45) is 1.88. The number of thioether (sulfide) groups is 1. The van der Waals surface area contributed by atoms with Crippen molar-refractivity contribution in [1.82, 2.24) is 0 Å². The number of nitro groups is 1. The summed E-state index contributed by atoms with van der Waals surface area (Å²) < 4.78 is 5.53. The lowest BCUT2D eigenvalue weighted by Crippen LogP contribution is -1.99. The lowest BCUT2D eigenvalue weighted by atomic mass is 10.2. The van der Waals surface area contributed by atoms with Crippen LogP contribution in [0.4, 0.5) is 5.69 Å². The molecule has 2 rings (SSSR count). The summed E-state index contributed by atoms with van der Waals surface area (Å²) in [4.78, 5) is 11.4. The van der Waals surface area contributed by atoms with Crippen LogP contribution in [0.15, 0.2) is 53.4 Å². The van der Waals surface area contributed by atoms with Gasteiger partial charge in [0.2, 0.25) is 0 Å². The summed E-state index contributed by atoms with van der Waals surface area (Å²) in [5, 5.41) is 11.0. The van der Waals surface area contributed by atoms with Crippen LogP contribution in [0.25, 0.3) is 0 Å². The van der Waals surface area contributed by atoms with Crippen LogP contribution in [-0.2, 0) is 6.61 Å². The van der Waals surface area contributed by atoms with Crippen LogP contribution >= 0.6 is 11.8 Å². The van der Waals surface area contributed by atoms with Crippen molar-refractivity contribution in [2.75, 3.05) is 6.26 Å². The molecule has 0 atom stereocenters. The van der Waals surface area contributed by atoms with Gasteiger partial charge in [-0.05, 0) is 24.0 Å². The van der Waals surface area contributed by atoms with Gasteiger partial charge in [0.05, 0.1) is 4.92 Å². The van der Waals surface area contributed by atoms with Gasteiger partial charge in [0.25, 0.3) is 0 Å². The molecule has 2 aromatic carbocycles. The fourth-order valence-electron chi connectivity index (χ4n) is 1.62. The van der Waals surface area contributed by atoms with Gasteiger partial charge >= 0.3 is 5.69 Å². The fourth-order valence-corrected chi connectivity index (χ4v) is 2.06. The van der Waals surface area contributed by atoms with Gasteiger partial charge in [-0.3, -0.25) is 10.1 Å². The predicted molar refractivity (Wildman–Crippen MR) is 75.7 cm³/mol. The third-order valence-electron chi connectivity index (χ3n) is 2.60. The van der Waals surface area contributed by atoms with Crippen molar-refractivity contribution in [3.63, 3.8) is 0 Å². The van der Waals surface area contributed by atoms with Crippen LogP contribution in [0.2, 0.25) is 0 Å². The van der Waals surface area contributed by atoms with Crippen molar-refractivity contribution in [2.45, 2.75) is 11.5 Å². The largest absolute Gasteiger partial charge is 0.482 e. The van der Waals surface area contributed by atoms with E-state index < -0.39 is 4.92 Å². The highest BCUT2D eigenvalue weighted by Crippen LogP contribution is 2.31. The first kappa shape index (κ1) is 13.4. The molecule has 5 heteroatoms. The average Bonchev–Trinajstić information content (AvgIpc) is 2.46. The van der Waals surface area contributed by atoms with Crippen molar-refractivity contribution < 1.29 is 9.66 Å². The number of ether oxygens (including phenoxy) is 1. The quantitative estimate of drug-likeness (QED) is 0.472. The second-order valence-corrected chi connectivity index (χ2v) is 4.74. The van der Waals surface area contributed by atoms with E-state index in [0.717, 1.165) is 10.5 Å². The van der Waals surface area contributed by atoms with Crippen LogP contribution < -0.4 is 4.74 Å². The second kappa shape index (κ2) is 6.24. The number of hydrogen-bond donors (Lipinski definition) is 0. The molecule has 98 valence electrons. The molecule has 0 heterocycles. The summed E-state index contributed by atoms with van der Waals surface area (Å²) >= 11 is 1.46. The Labute approximate surface area is 115 Å². The van der Waals surface area contributed by atoms with Crippen LogP contribution in [0, 0.1) is 10.1 Å². The third kappa shape index (κ3) is 3.48. The molecule has 0 bridgehead atoms. The first-order valence-corrected chi connectivity index (χ1v) is 6.92. The summed E-state index contributed by atoms with van der Waals surface area (Å²) in [5.74, 6) is 0.298. The Balaban J connectivity index is 2.18. The highest BCUT2D eigenvalue weighted by molar-refractivity contribution is 7.98. The lowest BCUT2D eigenvalue weighted by molar-refractivity contribution is -0.386. The van der Waals surface area contributed by atoms with Crippen molar-refractivity contribution >= 4 is 17.4 Å². The first-order chi connectivity index (χ1) is 9.20. The molecule has 0 unspecified atom stereocenters. The SMILES string of the molecule is CSc1ccc(OCc2ccccc2)c([N+](=O)[O-])c1. The van der Waals surface area contributed by atoms with Gasteiger partial charge in [0.15, 0.2) is 5.75 Å². The second-order valence-electron chi connectivity index (χ2n) is 3.87. The molecule has 0 saturated carbocycles. The Hall–Kier alpha value is -2.01. The predicted octanol–water partition coefficient (Wildman–Crippen LogP) is 3.90. The van der Waals surface area contributed by atoms with Crippen LogP contribution in [0.3, 0.4) is 0 Å². The molecule has 0 fully saturated rings. The average molecular weight is 275 g/mol. The van der Waals surface area contributed by atoms with Gasteiger partial charge < -0.3 is 4.74 Å². The van der Waals surface area contributed by atoms with Crippen molar-refractivity contribution in [3.05, 3.63) is 64.2 Å². The number of rotatable bonds is 5. The highest BCUT2D eigenvalue weighted by atomic mass is 32.2. The molecule has 19 heavy (non-hydrogen) atoms. The van der Waals surface area contributed by atoms with Gasteiger partial charge in [-0.1, -0.05) is 30.3 Å². The Morgan fingerprint density at radius 2 is 1.95 bits per heavy atom. The number of hydrogen-bond acceptors (Lipinski definition) is 4. The summed E-state index contributed by atoms with van der Waals surface area (Å²) in [7, 11) is 0. The lowest BCUT2D eigenvalue weighted by Gasteiger charge is -2.07. The monoisotopic (exact) mass is 275 g/mol. The molecular formula is C14H13NO3S. The van der Waals surface area contributed by atoms with Crippen LogP contribution in [0.1, 0.15) is 5.56 Å². The maximum absolute atomic E-state index is 11.0. The molecule has 4 nitrogen and oxygen atoms in total. The molecule has 0 spiro atoms. The molecular weight excluding hydrogens is 262 g/mol. The van der Waals surface area contributed by atoms with Gasteiger partial charge in [-0.2, -0.15) is 0 Å². The van der Waals surface area contributed by atoms with Crippen molar-refractivity contribution in [2.24, 2.45) is 0 Å². The molecule has 2 aromatic rings. The highest BCUT2D eigenvalue weighted by Gasteiger charge is 2.15. The maximum atomic E-state index is 11.0. The molecule has 0 aliphatic heterocycles. The third-order valence-corrected chi connectivity index (χ3v) is 3.33. The molecule has 0 aromatic heterocycles. The molecule has 0 saturated heterocycles. The minimum atomic E-state index is -0.417. The van der Waals surface area contributed by atoms with E-state index in [4.69, 9.17) is 4.74 Å². The van der Waals surface area contributed by atoms with Crippen LogP contribution in [0.5, 0.6) is 5.75 Å². The van der Waals surface area contributed by atoms with E-state index in [9.17, 15) is 10.1 Å². The minimum absolute atomic E-state index is 0.00258. The van der Waals surface area contributed by atoms with Gasteiger partial charge in [0, 0.05) is 11.0 Å². The summed E-state index contributed by atoms with van der Waals surface area (Å²) in [6.45, 7) is 0.320. The van der Waals surface area contributed by atoms with E-state index in [0.29, 0.717) is 12.4 Å². The summed E-state index contributed by atoms with van der Waals surface area (Å²) in [5.41, 5.74) is 0.980. The van der Waals surface area contributed by atoms with Gasteiger partial charge in [-0.25, -0.2) is 0 Å². The fraction of sp³-hybridized carbons (Fsp3) is 0.143. The van der Waals surface area contributed by atoms with Crippen LogP contribution in [-0.4, -0.2) is 11.2 Å². The smallest absolute Gasteiger partial charge is 0.312 e. The van der Waals surface area contributed by atoms with E-state index in [2.05, 4.69) is 0 Å². The molecule has 0 N–H and O–H groups in total. The zero-order valence-electron chi connectivity index (χ0n) is 10.4. The van der Waals surface area contributed by atoms with E-state index in [1.165, 1.54) is 17.8 Å². The Bertz CT molecular complexity index is 572. The van der Waals surface area contributed by atoms with Gasteiger partial charge in [-0.15, -0.1) is 11.8 Å². The zero-order valence-corrected chi connectivity index (χ0v) is 11.2.